The highest BCUT2D eigenvalue weighted by atomic mass is 79.9. The molecule has 2 aromatic rings. The molecule has 3 N–H and O–H groups in total. The van der Waals surface area contributed by atoms with Crippen LogP contribution in [0.4, 0.5) is 0 Å². The third-order valence-electron chi connectivity index (χ3n) is 2.46. The van der Waals surface area contributed by atoms with E-state index in [1.807, 2.05) is 6.07 Å². The first kappa shape index (κ1) is 13.4. The largest absolute Gasteiger partial charge is 0.481 e. The molecular weight excluding hydrogens is 316 g/mol. The molecule has 18 heavy (non-hydrogen) atoms. The van der Waals surface area contributed by atoms with E-state index in [2.05, 4.69) is 37.4 Å². The van der Waals surface area contributed by atoms with Crippen molar-refractivity contribution in [3.63, 3.8) is 0 Å². The number of thiophene rings is 1. The molecule has 0 aromatic carbocycles. The second-order valence-corrected chi connectivity index (χ2v) is 6.16. The molecule has 0 fully saturated rings. The number of halogens is 1. The minimum absolute atomic E-state index is 0.0625. The fraction of sp³-hybridized carbons (Fsp3) is 0.273. The fourth-order valence-corrected chi connectivity index (χ4v) is 3.10. The van der Waals surface area contributed by atoms with E-state index in [0.29, 0.717) is 5.88 Å². The van der Waals surface area contributed by atoms with Gasteiger partial charge in [0.25, 0.3) is 0 Å². The summed E-state index contributed by atoms with van der Waals surface area (Å²) < 4.78 is 6.18. The van der Waals surface area contributed by atoms with E-state index in [4.69, 9.17) is 10.6 Å². The summed E-state index contributed by atoms with van der Waals surface area (Å²) >= 11 is 5.13. The first-order valence-electron chi connectivity index (χ1n) is 5.29. The third kappa shape index (κ3) is 3.26. The van der Waals surface area contributed by atoms with Crippen LogP contribution in [0.3, 0.4) is 0 Å². The highest BCUT2D eigenvalue weighted by Gasteiger charge is 2.14. The second-order valence-electron chi connectivity index (χ2n) is 3.61. The molecule has 7 heteroatoms. The summed E-state index contributed by atoms with van der Waals surface area (Å²) in [6.07, 6.45) is 2.25. The van der Waals surface area contributed by atoms with E-state index >= 15 is 0 Å². The van der Waals surface area contributed by atoms with Gasteiger partial charge in [-0.1, -0.05) is 0 Å². The van der Waals surface area contributed by atoms with Crippen LogP contribution in [-0.4, -0.2) is 17.1 Å². The zero-order chi connectivity index (χ0) is 13.0. The maximum absolute atomic E-state index is 5.59. The van der Waals surface area contributed by atoms with Gasteiger partial charge < -0.3 is 4.74 Å². The van der Waals surface area contributed by atoms with E-state index in [1.165, 1.54) is 11.2 Å². The Balaban J connectivity index is 2.17. The molecule has 96 valence electrons. The van der Waals surface area contributed by atoms with Crippen LogP contribution in [0.15, 0.2) is 28.3 Å². The van der Waals surface area contributed by atoms with Gasteiger partial charge in [0.1, 0.15) is 6.33 Å². The Morgan fingerprint density at radius 1 is 1.50 bits per heavy atom. The number of rotatable bonds is 5. The second kappa shape index (κ2) is 6.24. The van der Waals surface area contributed by atoms with E-state index in [1.54, 1.807) is 24.5 Å². The molecule has 0 bridgehead atoms. The summed E-state index contributed by atoms with van der Waals surface area (Å²) in [6, 6.07) is 5.81. The number of hydrogen-bond donors (Lipinski definition) is 2. The van der Waals surface area contributed by atoms with Crippen molar-refractivity contribution in [2.75, 3.05) is 7.11 Å². The quantitative estimate of drug-likeness (QED) is 0.649. The Bertz CT molecular complexity index is 519. The Labute approximate surface area is 118 Å². The highest BCUT2D eigenvalue weighted by molar-refractivity contribution is 9.11. The van der Waals surface area contributed by atoms with Gasteiger partial charge in [0.05, 0.1) is 22.6 Å². The predicted octanol–water partition coefficient (Wildman–Crippen LogP) is 2.06. The summed E-state index contributed by atoms with van der Waals surface area (Å²) in [5, 5.41) is 0. The van der Waals surface area contributed by atoms with Crippen LogP contribution < -0.4 is 16.0 Å². The smallest absolute Gasteiger partial charge is 0.216 e. The number of nitrogens with zero attached hydrogens (tertiary/aromatic N) is 2. The first-order valence-corrected chi connectivity index (χ1v) is 6.90. The molecule has 0 radical (unpaired) electrons. The van der Waals surface area contributed by atoms with Crippen molar-refractivity contribution in [2.45, 2.75) is 12.5 Å². The normalized spacial score (nSPS) is 12.4. The molecule has 2 rings (SSSR count). The monoisotopic (exact) mass is 328 g/mol. The molecule has 0 amide bonds. The molecule has 2 aromatic heterocycles. The first-order chi connectivity index (χ1) is 8.72. The molecular formula is C11H13BrN4OS. The summed E-state index contributed by atoms with van der Waals surface area (Å²) in [5.41, 5.74) is 3.59. The molecule has 0 saturated carbocycles. The van der Waals surface area contributed by atoms with E-state index in [0.717, 1.165) is 15.9 Å². The highest BCUT2D eigenvalue weighted by Crippen LogP contribution is 2.26. The van der Waals surface area contributed by atoms with Crippen molar-refractivity contribution in [3.8, 4) is 5.88 Å². The average Bonchev–Trinajstić information content (AvgIpc) is 2.81. The summed E-state index contributed by atoms with van der Waals surface area (Å²) in [7, 11) is 1.58. The molecule has 0 saturated heterocycles. The van der Waals surface area contributed by atoms with Crippen LogP contribution in [0, 0.1) is 0 Å². The SMILES string of the molecule is COc1cc(C(Cc2ccc(Br)s2)NN)ncn1. The van der Waals surface area contributed by atoms with E-state index < -0.39 is 0 Å². The van der Waals surface area contributed by atoms with Crippen LogP contribution in [-0.2, 0) is 6.42 Å². The van der Waals surface area contributed by atoms with Crippen LogP contribution >= 0.6 is 27.3 Å². The number of nitrogens with one attached hydrogen (secondary N) is 1. The maximum Gasteiger partial charge on any atom is 0.216 e. The van der Waals surface area contributed by atoms with Crippen LogP contribution in [0.5, 0.6) is 5.88 Å². The average molecular weight is 329 g/mol. The summed E-state index contributed by atoms with van der Waals surface area (Å²) in [5.74, 6) is 6.13. The number of hydrogen-bond acceptors (Lipinski definition) is 6. The molecule has 0 aliphatic carbocycles. The van der Waals surface area contributed by atoms with Crippen LogP contribution in [0.2, 0.25) is 0 Å². The maximum atomic E-state index is 5.59. The topological polar surface area (TPSA) is 73.1 Å². The third-order valence-corrected chi connectivity index (χ3v) is 4.11. The number of aromatic nitrogens is 2. The van der Waals surface area contributed by atoms with Gasteiger partial charge >= 0.3 is 0 Å². The summed E-state index contributed by atoms with van der Waals surface area (Å²) in [4.78, 5) is 9.42. The molecule has 0 aliphatic rings. The van der Waals surface area contributed by atoms with Gasteiger partial charge in [-0.2, -0.15) is 0 Å². The summed E-state index contributed by atoms with van der Waals surface area (Å²) in [6.45, 7) is 0. The lowest BCUT2D eigenvalue weighted by Crippen LogP contribution is -2.30. The van der Waals surface area contributed by atoms with Crippen molar-refractivity contribution >= 4 is 27.3 Å². The van der Waals surface area contributed by atoms with Gasteiger partial charge in [-0.05, 0) is 28.1 Å². The number of nitrogens with two attached hydrogens (primary N) is 1. The Morgan fingerprint density at radius 3 is 2.94 bits per heavy atom. The Morgan fingerprint density at radius 2 is 2.33 bits per heavy atom. The molecule has 5 nitrogen and oxygen atoms in total. The van der Waals surface area contributed by atoms with E-state index in [9.17, 15) is 0 Å². The van der Waals surface area contributed by atoms with Gasteiger partial charge in [0.2, 0.25) is 5.88 Å². The van der Waals surface area contributed by atoms with Crippen molar-refractivity contribution in [2.24, 2.45) is 5.84 Å². The standard InChI is InChI=1S/C11H13BrN4OS/c1-17-11-5-8(14-6-15-11)9(16-13)4-7-2-3-10(12)18-7/h2-3,5-6,9,16H,4,13H2,1H3. The zero-order valence-corrected chi connectivity index (χ0v) is 12.2. The Kier molecular flexibility index (Phi) is 4.65. The number of methoxy groups -OCH3 is 1. The molecule has 1 atom stereocenters. The zero-order valence-electron chi connectivity index (χ0n) is 9.76. The molecule has 0 spiro atoms. The molecule has 2 heterocycles. The number of ether oxygens (including phenoxy) is 1. The van der Waals surface area contributed by atoms with E-state index in [-0.39, 0.29) is 6.04 Å². The van der Waals surface area contributed by atoms with Crippen LogP contribution in [0.1, 0.15) is 16.6 Å². The van der Waals surface area contributed by atoms with Crippen molar-refractivity contribution < 1.29 is 4.74 Å². The van der Waals surface area contributed by atoms with Gasteiger partial charge in [-0.3, -0.25) is 11.3 Å². The van der Waals surface area contributed by atoms with Gasteiger partial charge in [-0.25, -0.2) is 9.97 Å². The van der Waals surface area contributed by atoms with Crippen molar-refractivity contribution in [1.29, 1.82) is 0 Å². The fourth-order valence-electron chi connectivity index (χ4n) is 1.57. The van der Waals surface area contributed by atoms with Crippen molar-refractivity contribution in [1.82, 2.24) is 15.4 Å². The molecule has 0 aliphatic heterocycles. The minimum Gasteiger partial charge on any atom is -0.481 e. The number of hydrazine groups is 1. The Hall–Kier alpha value is -1.02. The lowest BCUT2D eigenvalue weighted by molar-refractivity contribution is 0.394. The van der Waals surface area contributed by atoms with Gasteiger partial charge in [0.15, 0.2) is 0 Å². The lowest BCUT2D eigenvalue weighted by atomic mass is 10.1. The molecule has 1 unspecified atom stereocenters. The minimum atomic E-state index is -0.0625. The van der Waals surface area contributed by atoms with Crippen molar-refractivity contribution in [3.05, 3.63) is 38.9 Å². The van der Waals surface area contributed by atoms with Gasteiger partial charge in [0, 0.05) is 17.4 Å². The lowest BCUT2D eigenvalue weighted by Gasteiger charge is -2.14. The van der Waals surface area contributed by atoms with Crippen LogP contribution in [0.25, 0.3) is 0 Å². The van der Waals surface area contributed by atoms with Gasteiger partial charge in [-0.15, -0.1) is 11.3 Å². The predicted molar refractivity (Wildman–Crippen MR) is 74.4 cm³/mol.